The van der Waals surface area contributed by atoms with Crippen molar-refractivity contribution in [2.45, 2.75) is 26.3 Å². The Kier molecular flexibility index (Phi) is 7.11. The molecule has 0 spiro atoms. The van der Waals surface area contributed by atoms with E-state index in [1.54, 1.807) is 9.80 Å². The van der Waals surface area contributed by atoms with Gasteiger partial charge in [-0.05, 0) is 35.4 Å². The molecule has 1 saturated heterocycles. The van der Waals surface area contributed by atoms with Gasteiger partial charge in [-0.15, -0.1) is 0 Å². The Bertz CT molecular complexity index is 1180. The van der Waals surface area contributed by atoms with Crippen molar-refractivity contribution < 1.29 is 14.4 Å². The summed E-state index contributed by atoms with van der Waals surface area (Å²) in [5, 5.41) is 7.92. The molecule has 4 rings (SSSR count). The highest BCUT2D eigenvalue weighted by molar-refractivity contribution is 5.91. The number of piperazine rings is 1. The van der Waals surface area contributed by atoms with E-state index in [0.29, 0.717) is 32.6 Å². The summed E-state index contributed by atoms with van der Waals surface area (Å²) in [5.41, 5.74) is 2.89. The fourth-order valence-electron chi connectivity index (χ4n) is 4.33. The zero-order valence-corrected chi connectivity index (χ0v) is 19.6. The Balaban J connectivity index is 1.40. The van der Waals surface area contributed by atoms with E-state index in [2.05, 4.69) is 10.6 Å². The summed E-state index contributed by atoms with van der Waals surface area (Å²) < 4.78 is 0. The van der Waals surface area contributed by atoms with Crippen LogP contribution in [0, 0.1) is 6.92 Å². The molecule has 3 aromatic rings. The van der Waals surface area contributed by atoms with E-state index >= 15 is 0 Å². The third kappa shape index (κ3) is 5.54. The lowest BCUT2D eigenvalue weighted by Gasteiger charge is -2.36. The highest BCUT2D eigenvalue weighted by atomic mass is 16.2. The lowest BCUT2D eigenvalue weighted by Crippen LogP contribution is -2.56. The van der Waals surface area contributed by atoms with Crippen molar-refractivity contribution >= 4 is 34.3 Å². The number of hydrogen-bond acceptors (Lipinski definition) is 3. The number of carbonyl (C=O) groups is 3. The molecule has 34 heavy (non-hydrogen) atoms. The Hall–Kier alpha value is -3.87. The van der Waals surface area contributed by atoms with Crippen molar-refractivity contribution in [3.05, 3.63) is 77.9 Å². The van der Waals surface area contributed by atoms with Crippen LogP contribution in [-0.2, 0) is 16.0 Å². The van der Waals surface area contributed by atoms with Gasteiger partial charge in [0, 0.05) is 45.2 Å². The molecule has 3 aromatic carbocycles. The highest BCUT2D eigenvalue weighted by Gasteiger charge is 2.30. The number of benzene rings is 3. The van der Waals surface area contributed by atoms with Crippen molar-refractivity contribution in [2.24, 2.45) is 0 Å². The molecule has 0 radical (unpaired) electrons. The predicted octanol–water partition coefficient (Wildman–Crippen LogP) is 3.57. The standard InChI is InChI=1S/C27H30N4O3/c1-19-10-12-23(13-11-19)29-27(34)31-16-14-30(15-17-31)26(33)25(28-20(2)32)18-22-8-5-7-21-6-3-4-9-24(21)22/h3-13,25H,14-18H2,1-2H3,(H,28,32)(H,29,34)/t25-/m1/s1. The second-order valence-corrected chi connectivity index (χ2v) is 8.70. The van der Waals surface area contributed by atoms with Gasteiger partial charge in [0.25, 0.3) is 0 Å². The molecule has 4 amide bonds. The summed E-state index contributed by atoms with van der Waals surface area (Å²) in [6, 6.07) is 20.8. The summed E-state index contributed by atoms with van der Waals surface area (Å²) in [6.45, 7) is 5.14. The van der Waals surface area contributed by atoms with E-state index in [1.807, 2.05) is 73.7 Å². The maximum absolute atomic E-state index is 13.4. The molecule has 0 saturated carbocycles. The van der Waals surface area contributed by atoms with Crippen LogP contribution in [0.4, 0.5) is 10.5 Å². The first-order valence-corrected chi connectivity index (χ1v) is 11.6. The quantitative estimate of drug-likeness (QED) is 0.613. The second-order valence-electron chi connectivity index (χ2n) is 8.70. The van der Waals surface area contributed by atoms with Gasteiger partial charge < -0.3 is 20.4 Å². The van der Waals surface area contributed by atoms with Crippen LogP contribution >= 0.6 is 0 Å². The molecule has 1 aliphatic heterocycles. The number of hydrogen-bond donors (Lipinski definition) is 2. The molecule has 2 N–H and O–H groups in total. The Morgan fingerprint density at radius 1 is 0.853 bits per heavy atom. The molecule has 7 nitrogen and oxygen atoms in total. The van der Waals surface area contributed by atoms with Gasteiger partial charge in [0.2, 0.25) is 11.8 Å². The van der Waals surface area contributed by atoms with Gasteiger partial charge >= 0.3 is 6.03 Å². The molecule has 0 aromatic heterocycles. The highest BCUT2D eigenvalue weighted by Crippen LogP contribution is 2.21. The monoisotopic (exact) mass is 458 g/mol. The van der Waals surface area contributed by atoms with Gasteiger partial charge in [-0.25, -0.2) is 4.79 Å². The molecule has 1 atom stereocenters. The maximum atomic E-state index is 13.4. The summed E-state index contributed by atoms with van der Waals surface area (Å²) in [7, 11) is 0. The maximum Gasteiger partial charge on any atom is 0.321 e. The fraction of sp³-hybridized carbons (Fsp3) is 0.296. The third-order valence-electron chi connectivity index (χ3n) is 6.16. The Morgan fingerprint density at radius 3 is 2.21 bits per heavy atom. The van der Waals surface area contributed by atoms with Gasteiger partial charge in [0.15, 0.2) is 0 Å². The number of amides is 4. The van der Waals surface area contributed by atoms with Crippen LogP contribution in [0.2, 0.25) is 0 Å². The molecule has 0 aliphatic carbocycles. The van der Waals surface area contributed by atoms with E-state index in [4.69, 9.17) is 0 Å². The molecular weight excluding hydrogens is 428 g/mol. The Morgan fingerprint density at radius 2 is 1.50 bits per heavy atom. The molecule has 0 bridgehead atoms. The number of nitrogens with zero attached hydrogens (tertiary/aromatic N) is 2. The van der Waals surface area contributed by atoms with Gasteiger partial charge in [-0.1, -0.05) is 60.2 Å². The number of rotatable bonds is 5. The minimum Gasteiger partial charge on any atom is -0.344 e. The lowest BCUT2D eigenvalue weighted by molar-refractivity contribution is -0.137. The molecule has 1 fully saturated rings. The third-order valence-corrected chi connectivity index (χ3v) is 6.16. The molecule has 176 valence electrons. The van der Waals surface area contributed by atoms with Crippen molar-refractivity contribution in [3.63, 3.8) is 0 Å². The first kappa shape index (κ1) is 23.3. The van der Waals surface area contributed by atoms with Crippen LogP contribution in [0.5, 0.6) is 0 Å². The topological polar surface area (TPSA) is 81.8 Å². The first-order valence-electron chi connectivity index (χ1n) is 11.6. The normalized spacial score (nSPS) is 14.5. The van der Waals surface area contributed by atoms with Crippen LogP contribution in [0.15, 0.2) is 66.7 Å². The van der Waals surface area contributed by atoms with Crippen molar-refractivity contribution in [2.75, 3.05) is 31.5 Å². The summed E-state index contributed by atoms with van der Waals surface area (Å²) in [4.78, 5) is 41.3. The van der Waals surface area contributed by atoms with E-state index < -0.39 is 6.04 Å². The second kappa shape index (κ2) is 10.4. The minimum atomic E-state index is -0.656. The van der Waals surface area contributed by atoms with Crippen LogP contribution in [0.1, 0.15) is 18.1 Å². The lowest BCUT2D eigenvalue weighted by atomic mass is 9.98. The van der Waals surface area contributed by atoms with Gasteiger partial charge in [-0.3, -0.25) is 9.59 Å². The number of carbonyl (C=O) groups excluding carboxylic acids is 3. The number of urea groups is 1. The predicted molar refractivity (Wildman–Crippen MR) is 134 cm³/mol. The molecule has 1 aliphatic rings. The van der Waals surface area contributed by atoms with E-state index in [9.17, 15) is 14.4 Å². The number of anilines is 1. The largest absolute Gasteiger partial charge is 0.344 e. The summed E-state index contributed by atoms with van der Waals surface area (Å²) in [6.07, 6.45) is 0.411. The number of nitrogens with one attached hydrogen (secondary N) is 2. The average molecular weight is 459 g/mol. The van der Waals surface area contributed by atoms with Gasteiger partial charge in [-0.2, -0.15) is 0 Å². The molecular formula is C27H30N4O3. The van der Waals surface area contributed by atoms with Crippen LogP contribution in [0.25, 0.3) is 10.8 Å². The fourth-order valence-corrected chi connectivity index (χ4v) is 4.33. The summed E-state index contributed by atoms with van der Waals surface area (Å²) in [5.74, 6) is -0.364. The van der Waals surface area contributed by atoms with Crippen LogP contribution in [0.3, 0.4) is 0 Å². The SMILES string of the molecule is CC(=O)N[C@H](Cc1cccc2ccccc12)C(=O)N1CCN(C(=O)Nc2ccc(C)cc2)CC1. The smallest absolute Gasteiger partial charge is 0.321 e. The van der Waals surface area contributed by atoms with E-state index in [-0.39, 0.29) is 17.8 Å². The average Bonchev–Trinajstić information content (AvgIpc) is 2.84. The molecule has 0 unspecified atom stereocenters. The van der Waals surface area contributed by atoms with E-state index in [0.717, 1.165) is 27.6 Å². The molecule has 7 heteroatoms. The van der Waals surface area contributed by atoms with E-state index in [1.165, 1.54) is 6.92 Å². The number of fused-ring (bicyclic) bond motifs is 1. The first-order chi connectivity index (χ1) is 16.4. The van der Waals surface area contributed by atoms with Crippen molar-refractivity contribution in [3.8, 4) is 0 Å². The molecule has 1 heterocycles. The zero-order valence-electron chi connectivity index (χ0n) is 19.6. The Labute approximate surface area is 199 Å². The van der Waals surface area contributed by atoms with Crippen molar-refractivity contribution in [1.29, 1.82) is 0 Å². The van der Waals surface area contributed by atoms with Gasteiger partial charge in [0.05, 0.1) is 0 Å². The summed E-state index contributed by atoms with van der Waals surface area (Å²) >= 11 is 0. The number of aryl methyl sites for hydroxylation is 1. The zero-order chi connectivity index (χ0) is 24.1. The minimum absolute atomic E-state index is 0.123. The van der Waals surface area contributed by atoms with Gasteiger partial charge in [0.1, 0.15) is 6.04 Å². The van der Waals surface area contributed by atoms with Crippen molar-refractivity contribution in [1.82, 2.24) is 15.1 Å². The van der Waals surface area contributed by atoms with Crippen LogP contribution in [-0.4, -0.2) is 59.9 Å². The van der Waals surface area contributed by atoms with Crippen LogP contribution < -0.4 is 10.6 Å².